The maximum atomic E-state index is 11.4. The molecule has 118 valence electrons. The van der Waals surface area contributed by atoms with Gasteiger partial charge in [-0.2, -0.15) is 4.31 Å². The third kappa shape index (κ3) is 4.69. The van der Waals surface area contributed by atoms with Crippen molar-refractivity contribution in [1.29, 1.82) is 0 Å². The normalized spacial score (nSPS) is 21.6. The van der Waals surface area contributed by atoms with Crippen molar-refractivity contribution in [2.24, 2.45) is 0 Å². The van der Waals surface area contributed by atoms with Crippen molar-refractivity contribution >= 4 is 16.0 Å². The van der Waals surface area contributed by atoms with Crippen LogP contribution >= 0.6 is 0 Å². The second kappa shape index (κ2) is 6.84. The van der Waals surface area contributed by atoms with Gasteiger partial charge < -0.3 is 10.4 Å². The molecular weight excluding hydrogens is 282 g/mol. The summed E-state index contributed by atoms with van der Waals surface area (Å²) in [6.07, 6.45) is 2.07. The Morgan fingerprint density at radius 2 is 1.85 bits per heavy atom. The first-order chi connectivity index (χ1) is 9.19. The molecule has 1 fully saturated rings. The summed E-state index contributed by atoms with van der Waals surface area (Å²) >= 11 is 0. The summed E-state index contributed by atoms with van der Waals surface area (Å²) in [5.41, 5.74) is -0.997. The fourth-order valence-corrected chi connectivity index (χ4v) is 3.09. The summed E-state index contributed by atoms with van der Waals surface area (Å²) < 4.78 is 24.3. The minimum Gasteiger partial charge on any atom is -0.480 e. The van der Waals surface area contributed by atoms with Crippen LogP contribution in [0.5, 0.6) is 0 Å². The van der Waals surface area contributed by atoms with Crippen LogP contribution in [0.3, 0.4) is 0 Å². The average Bonchev–Trinajstić information content (AvgIpc) is 2.35. The number of carbonyl (C=O) groups is 1. The summed E-state index contributed by atoms with van der Waals surface area (Å²) in [5, 5.41) is 12.4. The van der Waals surface area contributed by atoms with Gasteiger partial charge in [0.1, 0.15) is 5.54 Å². The molecule has 1 rings (SSSR count). The number of nitrogens with zero attached hydrogens (tertiary/aromatic N) is 2. The number of carboxylic acid groups (broad SMARTS) is 1. The van der Waals surface area contributed by atoms with Gasteiger partial charge in [-0.15, -0.1) is 0 Å². The highest BCUT2D eigenvalue weighted by Crippen LogP contribution is 2.12. The third-order valence-electron chi connectivity index (χ3n) is 3.58. The largest absolute Gasteiger partial charge is 0.480 e. The molecule has 0 spiro atoms. The van der Waals surface area contributed by atoms with E-state index in [9.17, 15) is 18.3 Å². The second-order valence-corrected chi connectivity index (χ2v) is 7.48. The van der Waals surface area contributed by atoms with Crippen molar-refractivity contribution in [3.63, 3.8) is 0 Å². The quantitative estimate of drug-likeness (QED) is 0.653. The van der Waals surface area contributed by atoms with Crippen molar-refractivity contribution in [3.8, 4) is 0 Å². The number of nitrogens with one attached hydrogen (secondary N) is 1. The molecule has 0 radical (unpaired) electrons. The van der Waals surface area contributed by atoms with Gasteiger partial charge in [0.15, 0.2) is 0 Å². The number of sulfonamides is 1. The van der Waals surface area contributed by atoms with Crippen molar-refractivity contribution in [2.75, 3.05) is 45.5 Å². The Kier molecular flexibility index (Phi) is 5.93. The van der Waals surface area contributed by atoms with E-state index in [1.165, 1.54) is 10.6 Å². The van der Waals surface area contributed by atoms with Crippen LogP contribution < -0.4 is 5.32 Å². The number of rotatable bonds is 7. The highest BCUT2D eigenvalue weighted by molar-refractivity contribution is 7.88. The maximum absolute atomic E-state index is 11.4. The fraction of sp³-hybridized carbons (Fsp3) is 0.917. The van der Waals surface area contributed by atoms with Gasteiger partial charge in [-0.05, 0) is 19.9 Å². The summed E-state index contributed by atoms with van der Waals surface area (Å²) in [6, 6.07) is 0. The molecule has 0 aromatic heterocycles. The first kappa shape index (κ1) is 17.4. The molecular formula is C12H25N3O4S. The summed E-state index contributed by atoms with van der Waals surface area (Å²) in [5.74, 6) is -0.878. The van der Waals surface area contributed by atoms with Crippen molar-refractivity contribution in [2.45, 2.75) is 25.8 Å². The lowest BCUT2D eigenvalue weighted by Crippen LogP contribution is -2.60. The standard InChI is InChI=1S/C12H25N3O4S/c1-4-5-13-12(2,11(16)17)10-14-6-8-15(9-7-14)20(3,18)19/h13H,4-10H2,1-3H3,(H,16,17). The molecule has 2 N–H and O–H groups in total. The second-order valence-electron chi connectivity index (χ2n) is 5.50. The molecule has 0 amide bonds. The summed E-state index contributed by atoms with van der Waals surface area (Å²) in [6.45, 7) is 6.64. The van der Waals surface area contributed by atoms with E-state index in [2.05, 4.69) is 5.32 Å². The Labute approximate surface area is 121 Å². The van der Waals surface area contributed by atoms with E-state index in [0.29, 0.717) is 39.3 Å². The predicted molar refractivity (Wildman–Crippen MR) is 77.2 cm³/mol. The molecule has 1 unspecified atom stereocenters. The number of aliphatic carboxylic acids is 1. The van der Waals surface area contributed by atoms with E-state index in [1.807, 2.05) is 11.8 Å². The smallest absolute Gasteiger partial charge is 0.324 e. The predicted octanol–water partition coefficient (Wildman–Crippen LogP) is -0.593. The number of carboxylic acids is 1. The van der Waals surface area contributed by atoms with Crippen LogP contribution in [-0.2, 0) is 14.8 Å². The van der Waals surface area contributed by atoms with E-state index in [1.54, 1.807) is 6.92 Å². The van der Waals surface area contributed by atoms with Crippen LogP contribution in [0.2, 0.25) is 0 Å². The number of hydrogen-bond donors (Lipinski definition) is 2. The van der Waals surface area contributed by atoms with Gasteiger partial charge in [0.2, 0.25) is 10.0 Å². The van der Waals surface area contributed by atoms with Gasteiger partial charge in [-0.3, -0.25) is 9.69 Å². The first-order valence-corrected chi connectivity index (χ1v) is 8.70. The highest BCUT2D eigenvalue weighted by atomic mass is 32.2. The number of piperazine rings is 1. The molecule has 0 aromatic carbocycles. The van der Waals surface area contributed by atoms with Gasteiger partial charge in [-0.25, -0.2) is 8.42 Å². The zero-order valence-electron chi connectivity index (χ0n) is 12.4. The Morgan fingerprint density at radius 3 is 2.25 bits per heavy atom. The average molecular weight is 307 g/mol. The van der Waals surface area contributed by atoms with Crippen molar-refractivity contribution < 1.29 is 18.3 Å². The van der Waals surface area contributed by atoms with Crippen LogP contribution in [0.4, 0.5) is 0 Å². The number of hydrogen-bond acceptors (Lipinski definition) is 5. The molecule has 8 heteroatoms. The molecule has 0 saturated carbocycles. The third-order valence-corrected chi connectivity index (χ3v) is 4.88. The minimum atomic E-state index is -3.15. The molecule has 0 aromatic rings. The molecule has 1 aliphatic rings. The topological polar surface area (TPSA) is 90.0 Å². The lowest BCUT2D eigenvalue weighted by molar-refractivity contribution is -0.145. The van der Waals surface area contributed by atoms with E-state index in [4.69, 9.17) is 0 Å². The van der Waals surface area contributed by atoms with Crippen LogP contribution in [0, 0.1) is 0 Å². The monoisotopic (exact) mass is 307 g/mol. The molecule has 1 atom stereocenters. The Bertz CT molecular complexity index is 432. The fourth-order valence-electron chi connectivity index (χ4n) is 2.27. The lowest BCUT2D eigenvalue weighted by Gasteiger charge is -2.38. The van der Waals surface area contributed by atoms with Gasteiger partial charge >= 0.3 is 5.97 Å². The van der Waals surface area contributed by atoms with E-state index in [-0.39, 0.29) is 0 Å². The maximum Gasteiger partial charge on any atom is 0.324 e. The summed E-state index contributed by atoms with van der Waals surface area (Å²) in [7, 11) is -3.15. The van der Waals surface area contributed by atoms with Crippen LogP contribution in [0.15, 0.2) is 0 Å². The lowest BCUT2D eigenvalue weighted by atomic mass is 10.0. The van der Waals surface area contributed by atoms with E-state index in [0.717, 1.165) is 6.42 Å². The molecule has 1 heterocycles. The minimum absolute atomic E-state index is 0.375. The van der Waals surface area contributed by atoms with Gasteiger partial charge in [0, 0.05) is 32.7 Å². The van der Waals surface area contributed by atoms with Crippen LogP contribution in [-0.4, -0.2) is 79.8 Å². The SMILES string of the molecule is CCCNC(C)(CN1CCN(S(C)(=O)=O)CC1)C(=O)O. The van der Waals surface area contributed by atoms with Gasteiger partial charge in [0.25, 0.3) is 0 Å². The molecule has 0 aliphatic carbocycles. The zero-order valence-corrected chi connectivity index (χ0v) is 13.2. The van der Waals surface area contributed by atoms with Crippen molar-refractivity contribution in [3.05, 3.63) is 0 Å². The molecule has 7 nitrogen and oxygen atoms in total. The first-order valence-electron chi connectivity index (χ1n) is 6.85. The Morgan fingerprint density at radius 1 is 1.30 bits per heavy atom. The Hall–Kier alpha value is -0.700. The van der Waals surface area contributed by atoms with Crippen LogP contribution in [0.1, 0.15) is 20.3 Å². The van der Waals surface area contributed by atoms with Gasteiger partial charge in [-0.1, -0.05) is 6.92 Å². The van der Waals surface area contributed by atoms with E-state index >= 15 is 0 Å². The molecule has 1 aliphatic heterocycles. The Balaban J connectivity index is 2.58. The zero-order chi connectivity index (χ0) is 15.4. The van der Waals surface area contributed by atoms with Gasteiger partial charge in [0.05, 0.1) is 6.26 Å². The summed E-state index contributed by atoms with van der Waals surface area (Å²) in [4.78, 5) is 13.4. The van der Waals surface area contributed by atoms with E-state index < -0.39 is 21.5 Å². The van der Waals surface area contributed by atoms with Crippen LogP contribution in [0.25, 0.3) is 0 Å². The van der Waals surface area contributed by atoms with Crippen molar-refractivity contribution in [1.82, 2.24) is 14.5 Å². The molecule has 0 bridgehead atoms. The molecule has 1 saturated heterocycles. The highest BCUT2D eigenvalue weighted by Gasteiger charge is 2.36. The molecule has 20 heavy (non-hydrogen) atoms.